The Morgan fingerprint density at radius 1 is 1.45 bits per heavy atom. The van der Waals surface area contributed by atoms with E-state index in [-0.39, 0.29) is 29.4 Å². The number of guanidine groups is 1. The summed E-state index contributed by atoms with van der Waals surface area (Å²) in [6.45, 7) is 10.1. The molecule has 6 heteroatoms. The number of aliphatic imine (C=N–C) groups is 1. The van der Waals surface area contributed by atoms with Crippen molar-refractivity contribution in [3.05, 3.63) is 0 Å². The summed E-state index contributed by atoms with van der Waals surface area (Å²) in [7, 11) is 1.92. The monoisotopic (exact) mass is 439 g/mol. The van der Waals surface area contributed by atoms with Gasteiger partial charge in [0.15, 0.2) is 5.96 Å². The standard InChI is InChI=1S/C16H29N3OS.HI/c1-5-11-10-19(7-9-21-11)15(17-4)18-13-12-6-8-20-14(12)16(13,2)3;/h11-14H,5-10H2,1-4H3,(H,17,18);1H. The molecule has 1 saturated carbocycles. The molecule has 0 aromatic rings. The van der Waals surface area contributed by atoms with Crippen molar-refractivity contribution in [3.8, 4) is 0 Å². The first-order valence-electron chi connectivity index (χ1n) is 8.29. The van der Waals surface area contributed by atoms with E-state index in [1.54, 1.807) is 0 Å². The van der Waals surface area contributed by atoms with Crippen LogP contribution in [-0.4, -0.2) is 60.8 Å². The Morgan fingerprint density at radius 2 is 2.23 bits per heavy atom. The van der Waals surface area contributed by atoms with E-state index in [9.17, 15) is 0 Å². The lowest BCUT2D eigenvalue weighted by atomic mass is 9.57. The molecule has 3 aliphatic rings. The van der Waals surface area contributed by atoms with E-state index < -0.39 is 0 Å². The van der Waals surface area contributed by atoms with E-state index in [1.165, 1.54) is 18.6 Å². The molecule has 4 nitrogen and oxygen atoms in total. The van der Waals surface area contributed by atoms with Gasteiger partial charge in [-0.15, -0.1) is 24.0 Å². The first kappa shape index (κ1) is 18.6. The molecule has 0 spiro atoms. The highest BCUT2D eigenvalue weighted by molar-refractivity contribution is 14.0. The number of halogens is 1. The summed E-state index contributed by atoms with van der Waals surface area (Å²) in [5.74, 6) is 2.97. The minimum Gasteiger partial charge on any atom is -0.377 e. The fraction of sp³-hybridized carbons (Fsp3) is 0.938. The molecule has 0 bridgehead atoms. The van der Waals surface area contributed by atoms with E-state index in [0.717, 1.165) is 30.9 Å². The number of thioether (sulfide) groups is 1. The Balaban J connectivity index is 0.00000176. The van der Waals surface area contributed by atoms with Crippen LogP contribution in [0.15, 0.2) is 4.99 Å². The first-order valence-corrected chi connectivity index (χ1v) is 9.34. The second-order valence-corrected chi connectivity index (χ2v) is 8.49. The lowest BCUT2D eigenvalue weighted by Gasteiger charge is -2.55. The fourth-order valence-corrected chi connectivity index (χ4v) is 5.39. The summed E-state index contributed by atoms with van der Waals surface area (Å²) in [5.41, 5.74) is 0.214. The number of fused-ring (bicyclic) bond motifs is 1. The molecule has 4 atom stereocenters. The van der Waals surface area contributed by atoms with Gasteiger partial charge < -0.3 is 15.0 Å². The lowest BCUT2D eigenvalue weighted by Crippen LogP contribution is -2.68. The van der Waals surface area contributed by atoms with Crippen molar-refractivity contribution in [2.45, 2.75) is 51.0 Å². The summed E-state index contributed by atoms with van der Waals surface area (Å²) in [4.78, 5) is 7.01. The van der Waals surface area contributed by atoms with Gasteiger partial charge in [-0.1, -0.05) is 20.8 Å². The third-order valence-electron chi connectivity index (χ3n) is 5.49. The van der Waals surface area contributed by atoms with Crippen molar-refractivity contribution < 1.29 is 4.74 Å². The third kappa shape index (κ3) is 3.24. The molecular formula is C16H30IN3OS. The molecule has 0 aromatic carbocycles. The Hall–Kier alpha value is 0.310. The predicted octanol–water partition coefficient (Wildman–Crippen LogP) is 2.82. The molecule has 1 aliphatic carbocycles. The van der Waals surface area contributed by atoms with Crippen molar-refractivity contribution in [1.82, 2.24) is 10.2 Å². The van der Waals surface area contributed by atoms with Crippen LogP contribution < -0.4 is 5.32 Å². The van der Waals surface area contributed by atoms with Crippen molar-refractivity contribution >= 4 is 41.7 Å². The third-order valence-corrected chi connectivity index (χ3v) is 6.86. The van der Waals surface area contributed by atoms with E-state index in [0.29, 0.717) is 18.1 Å². The Kier molecular flexibility index (Phi) is 6.33. The van der Waals surface area contributed by atoms with Gasteiger partial charge in [0, 0.05) is 55.1 Å². The van der Waals surface area contributed by atoms with Crippen LogP contribution in [0.2, 0.25) is 0 Å². The first-order chi connectivity index (χ1) is 10.1. The number of nitrogens with zero attached hydrogens (tertiary/aromatic N) is 2. The SMILES string of the molecule is CCC1CN(C(=NC)NC2C3CCOC3C2(C)C)CCS1.I. The van der Waals surface area contributed by atoms with Gasteiger partial charge in [-0.25, -0.2) is 0 Å². The van der Waals surface area contributed by atoms with E-state index in [2.05, 4.69) is 47.7 Å². The molecule has 0 amide bonds. The van der Waals surface area contributed by atoms with Gasteiger partial charge in [0.1, 0.15) is 0 Å². The van der Waals surface area contributed by atoms with Crippen LogP contribution in [0.3, 0.4) is 0 Å². The molecule has 4 unspecified atom stereocenters. The quantitative estimate of drug-likeness (QED) is 0.408. The summed E-state index contributed by atoms with van der Waals surface area (Å²) < 4.78 is 5.90. The average molecular weight is 439 g/mol. The minimum absolute atomic E-state index is 0. The highest BCUT2D eigenvalue weighted by atomic mass is 127. The van der Waals surface area contributed by atoms with Crippen molar-refractivity contribution in [1.29, 1.82) is 0 Å². The lowest BCUT2D eigenvalue weighted by molar-refractivity contribution is -0.107. The zero-order valence-corrected chi connectivity index (χ0v) is 17.3. The molecule has 3 rings (SSSR count). The normalized spacial score (nSPS) is 37.1. The van der Waals surface area contributed by atoms with Gasteiger partial charge in [-0.05, 0) is 12.8 Å². The van der Waals surface area contributed by atoms with Crippen LogP contribution in [0.1, 0.15) is 33.6 Å². The second kappa shape index (κ2) is 7.47. The van der Waals surface area contributed by atoms with Crippen LogP contribution in [0.5, 0.6) is 0 Å². The van der Waals surface area contributed by atoms with Gasteiger partial charge >= 0.3 is 0 Å². The Morgan fingerprint density at radius 3 is 2.91 bits per heavy atom. The molecule has 0 aromatic heterocycles. The minimum atomic E-state index is 0. The second-order valence-electron chi connectivity index (χ2n) is 7.08. The average Bonchev–Trinajstić information content (AvgIpc) is 2.95. The molecule has 2 saturated heterocycles. The molecule has 22 heavy (non-hydrogen) atoms. The van der Waals surface area contributed by atoms with Crippen molar-refractivity contribution in [2.24, 2.45) is 16.3 Å². The van der Waals surface area contributed by atoms with E-state index in [4.69, 9.17) is 4.74 Å². The number of ether oxygens (including phenoxy) is 1. The summed E-state index contributed by atoms with van der Waals surface area (Å²) in [6.07, 6.45) is 2.87. The molecular weight excluding hydrogens is 409 g/mol. The maximum atomic E-state index is 5.90. The largest absolute Gasteiger partial charge is 0.377 e. The Labute approximate surface area is 156 Å². The van der Waals surface area contributed by atoms with Gasteiger partial charge in [-0.2, -0.15) is 11.8 Å². The van der Waals surface area contributed by atoms with Crippen LogP contribution in [0.4, 0.5) is 0 Å². The van der Waals surface area contributed by atoms with E-state index in [1.807, 2.05) is 7.05 Å². The van der Waals surface area contributed by atoms with E-state index >= 15 is 0 Å². The molecule has 3 fully saturated rings. The van der Waals surface area contributed by atoms with Crippen LogP contribution in [0, 0.1) is 11.3 Å². The molecule has 2 heterocycles. The van der Waals surface area contributed by atoms with Crippen LogP contribution in [0.25, 0.3) is 0 Å². The summed E-state index contributed by atoms with van der Waals surface area (Å²) in [6, 6.07) is 0.498. The van der Waals surface area contributed by atoms with Crippen molar-refractivity contribution in [3.63, 3.8) is 0 Å². The van der Waals surface area contributed by atoms with Crippen molar-refractivity contribution in [2.75, 3.05) is 32.5 Å². The van der Waals surface area contributed by atoms with Gasteiger partial charge in [-0.3, -0.25) is 4.99 Å². The zero-order valence-electron chi connectivity index (χ0n) is 14.2. The van der Waals surface area contributed by atoms with Gasteiger partial charge in [0.2, 0.25) is 0 Å². The van der Waals surface area contributed by atoms with Crippen LogP contribution in [-0.2, 0) is 4.74 Å². The number of hydrogen-bond acceptors (Lipinski definition) is 3. The predicted molar refractivity (Wildman–Crippen MR) is 105 cm³/mol. The molecule has 128 valence electrons. The number of hydrogen-bond donors (Lipinski definition) is 1. The summed E-state index contributed by atoms with van der Waals surface area (Å²) >= 11 is 2.10. The maximum absolute atomic E-state index is 5.90. The fourth-order valence-electron chi connectivity index (χ4n) is 4.21. The molecule has 1 N–H and O–H groups in total. The highest BCUT2D eigenvalue weighted by Crippen LogP contribution is 2.52. The van der Waals surface area contributed by atoms with Crippen LogP contribution >= 0.6 is 35.7 Å². The Bertz CT molecular complexity index is 418. The number of nitrogens with one attached hydrogen (secondary N) is 1. The smallest absolute Gasteiger partial charge is 0.193 e. The highest BCUT2D eigenvalue weighted by Gasteiger charge is 2.59. The number of rotatable bonds is 2. The van der Waals surface area contributed by atoms with Gasteiger partial charge in [0.25, 0.3) is 0 Å². The summed E-state index contributed by atoms with van der Waals surface area (Å²) in [5, 5.41) is 4.51. The maximum Gasteiger partial charge on any atom is 0.193 e. The molecule has 2 aliphatic heterocycles. The zero-order chi connectivity index (χ0) is 15.0. The topological polar surface area (TPSA) is 36.9 Å². The van der Waals surface area contributed by atoms with Gasteiger partial charge in [0.05, 0.1) is 6.10 Å². The molecule has 0 radical (unpaired) electrons.